The van der Waals surface area contributed by atoms with Crippen LogP contribution in [-0.2, 0) is 10.0 Å². The van der Waals surface area contributed by atoms with Gasteiger partial charge in [0, 0.05) is 24.3 Å². The zero-order valence-corrected chi connectivity index (χ0v) is 17.9. The zero-order valence-electron chi connectivity index (χ0n) is 17.1. The fourth-order valence-corrected chi connectivity index (χ4v) is 4.71. The molecule has 1 aliphatic heterocycles. The fourth-order valence-electron chi connectivity index (χ4n) is 3.24. The molecule has 0 atom stereocenters. The molecule has 29 heavy (non-hydrogen) atoms. The minimum absolute atomic E-state index is 0.0674. The highest BCUT2D eigenvalue weighted by molar-refractivity contribution is 7.89. The van der Waals surface area contributed by atoms with Crippen LogP contribution in [0.15, 0.2) is 53.4 Å². The third kappa shape index (κ3) is 5.36. The van der Waals surface area contributed by atoms with E-state index < -0.39 is 10.0 Å². The van der Waals surface area contributed by atoms with Crippen molar-refractivity contribution in [2.24, 2.45) is 5.92 Å². The standard InChI is InChI=1S/C22H28N2O4S/c1-16(2)28-20-8-4-18(5-9-20)22(25)23-19-6-10-21(11-7-19)29(26,27)24-14-12-17(3)13-15-24/h4-11,16-17H,12-15H2,1-3H3,(H,23,25). The van der Waals surface area contributed by atoms with Gasteiger partial charge in [0.05, 0.1) is 11.0 Å². The number of amides is 1. The number of hydrogen-bond acceptors (Lipinski definition) is 4. The van der Waals surface area contributed by atoms with E-state index in [0.29, 0.717) is 36.0 Å². The van der Waals surface area contributed by atoms with Crippen LogP contribution >= 0.6 is 0 Å². The van der Waals surface area contributed by atoms with Gasteiger partial charge >= 0.3 is 0 Å². The van der Waals surface area contributed by atoms with Crippen molar-refractivity contribution < 1.29 is 17.9 Å². The molecule has 0 spiro atoms. The summed E-state index contributed by atoms with van der Waals surface area (Å²) in [5.41, 5.74) is 1.05. The lowest BCUT2D eigenvalue weighted by molar-refractivity contribution is 0.102. The van der Waals surface area contributed by atoms with E-state index in [0.717, 1.165) is 12.8 Å². The van der Waals surface area contributed by atoms with Crippen LogP contribution in [0.1, 0.15) is 44.0 Å². The molecule has 1 heterocycles. The Kier molecular flexibility index (Phi) is 6.59. The Morgan fingerprint density at radius 1 is 1.03 bits per heavy atom. The summed E-state index contributed by atoms with van der Waals surface area (Å²) in [5.74, 6) is 1.00. The maximum atomic E-state index is 12.8. The number of rotatable bonds is 6. The van der Waals surface area contributed by atoms with E-state index in [2.05, 4.69) is 12.2 Å². The number of nitrogens with one attached hydrogen (secondary N) is 1. The van der Waals surface area contributed by atoms with E-state index in [9.17, 15) is 13.2 Å². The van der Waals surface area contributed by atoms with E-state index in [-0.39, 0.29) is 16.9 Å². The van der Waals surface area contributed by atoms with Gasteiger partial charge < -0.3 is 10.1 Å². The summed E-state index contributed by atoms with van der Waals surface area (Å²) in [6, 6.07) is 13.2. The molecule has 1 saturated heterocycles. The molecule has 1 N–H and O–H groups in total. The predicted molar refractivity (Wildman–Crippen MR) is 114 cm³/mol. The minimum atomic E-state index is -3.49. The number of anilines is 1. The summed E-state index contributed by atoms with van der Waals surface area (Å²) >= 11 is 0. The predicted octanol–water partition coefficient (Wildman–Crippen LogP) is 4.15. The van der Waals surface area contributed by atoms with Crippen molar-refractivity contribution in [2.75, 3.05) is 18.4 Å². The van der Waals surface area contributed by atoms with Crippen LogP contribution in [0.4, 0.5) is 5.69 Å². The molecular formula is C22H28N2O4S. The van der Waals surface area contributed by atoms with E-state index in [1.54, 1.807) is 52.8 Å². The molecule has 0 unspecified atom stereocenters. The van der Waals surface area contributed by atoms with Crippen LogP contribution in [0, 0.1) is 5.92 Å². The highest BCUT2D eigenvalue weighted by Crippen LogP contribution is 2.24. The molecule has 0 aromatic heterocycles. The first kappa shape index (κ1) is 21.3. The molecule has 2 aromatic carbocycles. The average Bonchev–Trinajstić information content (AvgIpc) is 2.69. The molecular weight excluding hydrogens is 388 g/mol. The molecule has 156 valence electrons. The van der Waals surface area contributed by atoms with Crippen LogP contribution in [-0.4, -0.2) is 37.8 Å². The lowest BCUT2D eigenvalue weighted by Crippen LogP contribution is -2.37. The number of sulfonamides is 1. The first-order valence-electron chi connectivity index (χ1n) is 9.94. The van der Waals surface area contributed by atoms with Crippen molar-refractivity contribution >= 4 is 21.6 Å². The van der Waals surface area contributed by atoms with E-state index in [4.69, 9.17) is 4.74 Å². The first-order chi connectivity index (χ1) is 13.8. The Hall–Kier alpha value is -2.38. The maximum absolute atomic E-state index is 12.8. The molecule has 1 aliphatic rings. The Labute approximate surface area is 172 Å². The van der Waals surface area contributed by atoms with Gasteiger partial charge in [0.25, 0.3) is 5.91 Å². The number of carbonyl (C=O) groups excluding carboxylic acids is 1. The van der Waals surface area contributed by atoms with Gasteiger partial charge in [0.1, 0.15) is 5.75 Å². The third-order valence-corrected chi connectivity index (χ3v) is 6.89. The molecule has 0 bridgehead atoms. The highest BCUT2D eigenvalue weighted by atomic mass is 32.2. The molecule has 2 aromatic rings. The highest BCUT2D eigenvalue weighted by Gasteiger charge is 2.27. The van der Waals surface area contributed by atoms with Gasteiger partial charge in [0.15, 0.2) is 0 Å². The molecule has 0 saturated carbocycles. The molecule has 7 heteroatoms. The molecule has 1 amide bonds. The van der Waals surface area contributed by atoms with Crippen LogP contribution < -0.4 is 10.1 Å². The number of ether oxygens (including phenoxy) is 1. The second-order valence-corrected chi connectivity index (χ2v) is 9.69. The van der Waals surface area contributed by atoms with Crippen LogP contribution in [0.5, 0.6) is 5.75 Å². The average molecular weight is 417 g/mol. The molecule has 3 rings (SSSR count). The third-order valence-electron chi connectivity index (χ3n) is 4.98. The SMILES string of the molecule is CC1CCN(S(=O)(=O)c2ccc(NC(=O)c3ccc(OC(C)C)cc3)cc2)CC1. The van der Waals surface area contributed by atoms with Gasteiger partial charge in [0.2, 0.25) is 10.0 Å². The van der Waals surface area contributed by atoms with Crippen LogP contribution in [0.2, 0.25) is 0 Å². The fraction of sp³-hybridized carbons (Fsp3) is 0.409. The first-order valence-corrected chi connectivity index (χ1v) is 11.4. The molecule has 0 radical (unpaired) electrons. The number of piperidine rings is 1. The second-order valence-electron chi connectivity index (χ2n) is 7.76. The minimum Gasteiger partial charge on any atom is -0.491 e. The second kappa shape index (κ2) is 8.97. The Balaban J connectivity index is 1.65. The number of benzene rings is 2. The molecule has 0 aliphatic carbocycles. The van der Waals surface area contributed by atoms with Crippen molar-refractivity contribution in [3.05, 3.63) is 54.1 Å². The summed E-state index contributed by atoms with van der Waals surface area (Å²) in [4.78, 5) is 12.7. The van der Waals surface area contributed by atoms with Gasteiger partial charge in [-0.25, -0.2) is 8.42 Å². The summed E-state index contributed by atoms with van der Waals surface area (Å²) < 4.78 is 32.7. The van der Waals surface area contributed by atoms with Crippen molar-refractivity contribution in [2.45, 2.75) is 44.6 Å². The van der Waals surface area contributed by atoms with Crippen LogP contribution in [0.25, 0.3) is 0 Å². The smallest absolute Gasteiger partial charge is 0.255 e. The monoisotopic (exact) mass is 416 g/mol. The van der Waals surface area contributed by atoms with Gasteiger partial charge in [-0.15, -0.1) is 0 Å². The maximum Gasteiger partial charge on any atom is 0.255 e. The van der Waals surface area contributed by atoms with Gasteiger partial charge in [-0.2, -0.15) is 4.31 Å². The van der Waals surface area contributed by atoms with Gasteiger partial charge in [-0.05, 0) is 81.1 Å². The summed E-state index contributed by atoms with van der Waals surface area (Å²) in [5, 5.41) is 2.79. The summed E-state index contributed by atoms with van der Waals surface area (Å²) in [7, 11) is -3.49. The zero-order chi connectivity index (χ0) is 21.0. The largest absolute Gasteiger partial charge is 0.491 e. The Bertz CT molecular complexity index is 930. The Morgan fingerprint density at radius 3 is 2.17 bits per heavy atom. The lowest BCUT2D eigenvalue weighted by Gasteiger charge is -2.29. The number of carbonyl (C=O) groups is 1. The van der Waals surface area contributed by atoms with Gasteiger partial charge in [-0.3, -0.25) is 4.79 Å². The van der Waals surface area contributed by atoms with Crippen molar-refractivity contribution in [1.82, 2.24) is 4.31 Å². The summed E-state index contributed by atoms with van der Waals surface area (Å²) in [6.45, 7) is 7.13. The quantitative estimate of drug-likeness (QED) is 0.768. The lowest BCUT2D eigenvalue weighted by atomic mass is 10.0. The number of nitrogens with zero attached hydrogens (tertiary/aromatic N) is 1. The van der Waals surface area contributed by atoms with Gasteiger partial charge in [-0.1, -0.05) is 6.92 Å². The Morgan fingerprint density at radius 2 is 1.62 bits per heavy atom. The van der Waals surface area contributed by atoms with Crippen molar-refractivity contribution in [3.63, 3.8) is 0 Å². The van der Waals surface area contributed by atoms with Crippen molar-refractivity contribution in [1.29, 1.82) is 0 Å². The van der Waals surface area contributed by atoms with E-state index >= 15 is 0 Å². The van der Waals surface area contributed by atoms with E-state index in [1.165, 1.54) is 0 Å². The van der Waals surface area contributed by atoms with E-state index in [1.807, 2.05) is 13.8 Å². The molecule has 6 nitrogen and oxygen atoms in total. The topological polar surface area (TPSA) is 75.7 Å². The molecule has 1 fully saturated rings. The normalized spacial score (nSPS) is 16.0. The van der Waals surface area contributed by atoms with Crippen molar-refractivity contribution in [3.8, 4) is 5.75 Å². The summed E-state index contributed by atoms with van der Waals surface area (Å²) in [6.07, 6.45) is 1.83. The van der Waals surface area contributed by atoms with Crippen LogP contribution in [0.3, 0.4) is 0 Å². The number of hydrogen-bond donors (Lipinski definition) is 1.